The highest BCUT2D eigenvalue weighted by Gasteiger charge is 2.31. The van der Waals surface area contributed by atoms with E-state index in [0.717, 1.165) is 27.8 Å². The predicted molar refractivity (Wildman–Crippen MR) is 136 cm³/mol. The molecule has 0 N–H and O–H groups in total. The summed E-state index contributed by atoms with van der Waals surface area (Å²) in [6, 6.07) is 10.2. The number of amides is 1. The number of carbonyl (C=O) groups is 1. The van der Waals surface area contributed by atoms with Gasteiger partial charge in [0.05, 0.1) is 21.7 Å². The van der Waals surface area contributed by atoms with E-state index in [-0.39, 0.29) is 4.90 Å². The van der Waals surface area contributed by atoms with Crippen LogP contribution >= 0.6 is 11.3 Å². The number of hydrogen-bond acceptors (Lipinski definition) is 4. The molecule has 34 heavy (non-hydrogen) atoms. The molecule has 2 unspecified atom stereocenters. The minimum absolute atomic E-state index is 0.195. The fraction of sp³-hybridized carbons (Fsp3) is 0.385. The topological polar surface area (TPSA) is 71.7 Å². The minimum atomic E-state index is -3.60. The van der Waals surface area contributed by atoms with Gasteiger partial charge < -0.3 is 4.57 Å². The van der Waals surface area contributed by atoms with Crippen molar-refractivity contribution in [1.82, 2.24) is 8.87 Å². The zero-order chi connectivity index (χ0) is 24.6. The van der Waals surface area contributed by atoms with Crippen LogP contribution < -0.4 is 4.80 Å². The van der Waals surface area contributed by atoms with Crippen LogP contribution in [-0.4, -0.2) is 36.3 Å². The molecule has 0 saturated carbocycles. The smallest absolute Gasteiger partial charge is 0.279 e. The normalized spacial score (nSPS) is 19.9. The second-order valence-corrected chi connectivity index (χ2v) is 12.2. The van der Waals surface area contributed by atoms with E-state index in [1.807, 2.05) is 18.4 Å². The van der Waals surface area contributed by atoms with E-state index in [1.54, 1.807) is 4.31 Å². The van der Waals surface area contributed by atoms with Crippen LogP contribution in [-0.2, 0) is 16.6 Å². The van der Waals surface area contributed by atoms with Crippen molar-refractivity contribution in [2.24, 2.45) is 16.8 Å². The average Bonchev–Trinajstić information content (AvgIpc) is 3.09. The first kappa shape index (κ1) is 24.4. The van der Waals surface area contributed by atoms with Crippen LogP contribution in [0.15, 0.2) is 46.3 Å². The SMILES string of the molecule is C#CCn1c(=NC(=O)c2ccc(S(=O)(=O)N3CC(C)CC(C)C3)cc2)sc2cc(C)c(C)cc21. The maximum absolute atomic E-state index is 13.1. The van der Waals surface area contributed by atoms with Gasteiger partial charge in [0, 0.05) is 18.7 Å². The van der Waals surface area contributed by atoms with Crippen LogP contribution in [0.5, 0.6) is 0 Å². The summed E-state index contributed by atoms with van der Waals surface area (Å²) in [4.78, 5) is 18.0. The Morgan fingerprint density at radius 3 is 2.35 bits per heavy atom. The Morgan fingerprint density at radius 2 is 1.74 bits per heavy atom. The number of benzene rings is 2. The van der Waals surface area contributed by atoms with Crippen molar-refractivity contribution in [3.63, 3.8) is 0 Å². The van der Waals surface area contributed by atoms with E-state index in [9.17, 15) is 13.2 Å². The monoisotopic (exact) mass is 495 g/mol. The molecule has 1 aliphatic heterocycles. The molecule has 1 aromatic heterocycles. The number of aryl methyl sites for hydroxylation is 2. The van der Waals surface area contributed by atoms with E-state index >= 15 is 0 Å². The Kier molecular flexibility index (Phi) is 6.81. The standard InChI is InChI=1S/C26H29N3O3S2/c1-6-11-29-23-13-19(4)20(5)14-24(23)33-26(29)27-25(30)21-7-9-22(10-8-21)34(31,32)28-15-17(2)12-18(3)16-28/h1,7-10,13-14,17-18H,11-12,15-16H2,2-5H3. The summed E-state index contributed by atoms with van der Waals surface area (Å²) in [5.74, 6) is 2.85. The molecule has 2 atom stereocenters. The third-order valence-corrected chi connectivity index (χ3v) is 9.21. The number of carbonyl (C=O) groups excluding carboxylic acids is 1. The summed E-state index contributed by atoms with van der Waals surface area (Å²) in [7, 11) is -3.60. The van der Waals surface area contributed by atoms with Crippen LogP contribution in [0, 0.1) is 38.0 Å². The summed E-state index contributed by atoms with van der Waals surface area (Å²) < 4.78 is 30.7. The fourth-order valence-corrected chi connectivity index (χ4v) is 7.31. The van der Waals surface area contributed by atoms with Crippen LogP contribution in [0.2, 0.25) is 0 Å². The highest BCUT2D eigenvalue weighted by atomic mass is 32.2. The maximum Gasteiger partial charge on any atom is 0.279 e. The molecule has 1 saturated heterocycles. The van der Waals surface area contributed by atoms with Gasteiger partial charge in [-0.15, -0.1) is 6.42 Å². The number of rotatable bonds is 4. The van der Waals surface area contributed by atoms with E-state index in [0.29, 0.717) is 41.8 Å². The van der Waals surface area contributed by atoms with E-state index in [2.05, 4.69) is 36.9 Å². The Morgan fingerprint density at radius 1 is 1.12 bits per heavy atom. The van der Waals surface area contributed by atoms with Crippen molar-refractivity contribution in [3.8, 4) is 12.3 Å². The zero-order valence-electron chi connectivity index (χ0n) is 19.9. The molecule has 178 valence electrons. The van der Waals surface area contributed by atoms with Gasteiger partial charge in [-0.3, -0.25) is 4.79 Å². The first-order chi connectivity index (χ1) is 16.1. The molecule has 0 bridgehead atoms. The Hall–Kier alpha value is -2.73. The number of sulfonamides is 1. The lowest BCUT2D eigenvalue weighted by Crippen LogP contribution is -2.42. The lowest BCUT2D eigenvalue weighted by Gasteiger charge is -2.34. The molecule has 1 fully saturated rings. The average molecular weight is 496 g/mol. The Bertz CT molecular complexity index is 1450. The van der Waals surface area contributed by atoms with Gasteiger partial charge in [0.15, 0.2) is 4.80 Å². The van der Waals surface area contributed by atoms with Gasteiger partial charge in [0.2, 0.25) is 10.0 Å². The fourth-order valence-electron chi connectivity index (χ4n) is 4.52. The maximum atomic E-state index is 13.1. The number of nitrogens with zero attached hydrogens (tertiary/aromatic N) is 3. The van der Waals surface area contributed by atoms with Gasteiger partial charge in [-0.1, -0.05) is 31.1 Å². The predicted octanol–water partition coefficient (Wildman–Crippen LogP) is 4.36. The Balaban J connectivity index is 1.65. The first-order valence-corrected chi connectivity index (χ1v) is 13.6. The summed E-state index contributed by atoms with van der Waals surface area (Å²) in [5.41, 5.74) is 3.58. The van der Waals surface area contributed by atoms with Crippen LogP contribution in [0.1, 0.15) is 41.8 Å². The summed E-state index contributed by atoms with van der Waals surface area (Å²) in [6.45, 7) is 9.57. The largest absolute Gasteiger partial charge is 0.305 e. The summed E-state index contributed by atoms with van der Waals surface area (Å²) in [6.07, 6.45) is 6.60. The number of aromatic nitrogens is 1. The van der Waals surface area contributed by atoms with Crippen molar-refractivity contribution in [2.45, 2.75) is 45.6 Å². The molecule has 8 heteroatoms. The minimum Gasteiger partial charge on any atom is -0.305 e. The molecular formula is C26H29N3O3S2. The number of piperidine rings is 1. The molecule has 0 spiro atoms. The van der Waals surface area contributed by atoms with Crippen LogP contribution in [0.4, 0.5) is 0 Å². The van der Waals surface area contributed by atoms with Gasteiger partial charge >= 0.3 is 0 Å². The van der Waals surface area contributed by atoms with Crippen molar-refractivity contribution >= 4 is 37.5 Å². The second kappa shape index (κ2) is 9.49. The van der Waals surface area contributed by atoms with Gasteiger partial charge in [-0.2, -0.15) is 9.30 Å². The number of hydrogen-bond donors (Lipinski definition) is 0. The molecule has 3 aromatic rings. The Labute approximate surface area is 205 Å². The highest BCUT2D eigenvalue weighted by molar-refractivity contribution is 7.89. The molecular weight excluding hydrogens is 466 g/mol. The van der Waals surface area contributed by atoms with Crippen LogP contribution in [0.3, 0.4) is 0 Å². The highest BCUT2D eigenvalue weighted by Crippen LogP contribution is 2.27. The quantitative estimate of drug-likeness (QED) is 0.505. The van der Waals surface area contributed by atoms with Gasteiger partial charge in [0.25, 0.3) is 5.91 Å². The van der Waals surface area contributed by atoms with Crippen molar-refractivity contribution in [2.75, 3.05) is 13.1 Å². The molecule has 6 nitrogen and oxygen atoms in total. The first-order valence-electron chi connectivity index (χ1n) is 11.3. The van der Waals surface area contributed by atoms with E-state index in [1.165, 1.54) is 35.6 Å². The van der Waals surface area contributed by atoms with Gasteiger partial charge in [-0.25, -0.2) is 8.42 Å². The van der Waals surface area contributed by atoms with Gasteiger partial charge in [0.1, 0.15) is 0 Å². The zero-order valence-corrected chi connectivity index (χ0v) is 21.5. The van der Waals surface area contributed by atoms with Gasteiger partial charge in [-0.05, 0) is 79.6 Å². The molecule has 0 radical (unpaired) electrons. The van der Waals surface area contributed by atoms with Crippen LogP contribution in [0.25, 0.3) is 10.2 Å². The third kappa shape index (κ3) is 4.74. The van der Waals surface area contributed by atoms with E-state index in [4.69, 9.17) is 6.42 Å². The van der Waals surface area contributed by atoms with Crippen molar-refractivity contribution in [3.05, 3.63) is 57.9 Å². The molecule has 2 heterocycles. The number of fused-ring (bicyclic) bond motifs is 1. The molecule has 1 aliphatic rings. The lowest BCUT2D eigenvalue weighted by molar-refractivity contribution is 0.0998. The summed E-state index contributed by atoms with van der Waals surface area (Å²) in [5, 5.41) is 0. The summed E-state index contributed by atoms with van der Waals surface area (Å²) >= 11 is 1.41. The molecule has 4 rings (SSSR count). The van der Waals surface area contributed by atoms with Crippen molar-refractivity contribution in [1.29, 1.82) is 0 Å². The molecule has 2 aromatic carbocycles. The number of terminal acetylenes is 1. The second-order valence-electron chi connectivity index (χ2n) is 9.29. The number of thiazole rings is 1. The van der Waals surface area contributed by atoms with Crippen molar-refractivity contribution < 1.29 is 13.2 Å². The lowest BCUT2D eigenvalue weighted by atomic mass is 9.94. The molecule has 0 aliphatic carbocycles. The van der Waals surface area contributed by atoms with E-state index < -0.39 is 15.9 Å². The molecule has 1 amide bonds. The third-order valence-electron chi connectivity index (χ3n) is 6.32.